The minimum Gasteiger partial charge on any atom is -0.389 e. The highest BCUT2D eigenvalue weighted by Crippen LogP contribution is 2.45. The van der Waals surface area contributed by atoms with Crippen molar-refractivity contribution in [2.75, 3.05) is 39.5 Å². The standard InChI is InChI=1S/C19H26N2.C17H27N.C16H24P.C6H14.C5H9N.3C2H6.C2H4/c1-5-6-7-10-21(4)18-13-19(2,3)12-16-9-8-15(14-20)11-17(16)18;1-5-6-9-18-16-12-17(3,4)11-14-8-7-13(2)10-15(14)16;1-12-6-7-13-10-16(2,3)15(11-17(4)5)9-14(13)8-12;1-5-6(2,3)4;1-5-3-2-4-6-5;4*1-2/h5,8-9,11,18H,1,6-7,10,12-13H2,2-4H3;7-8,10,16,18H,5-6,9,11-12H2,1-4H3;6-8,15H,4,9-11H2,1-3,5H3;5H2,1-4H3;6H,1-4H2;3*1-2H3;1-2H2/q;;+1;;;;;;. The van der Waals surface area contributed by atoms with Gasteiger partial charge in [0.25, 0.3) is 0 Å². The monoisotopic (exact) mass is 1060 g/mol. The summed E-state index contributed by atoms with van der Waals surface area (Å²) >= 11 is 0. The van der Waals surface area contributed by atoms with E-state index < -0.39 is 0 Å². The average Bonchev–Trinajstić information content (AvgIpc) is 3.87. The van der Waals surface area contributed by atoms with Crippen LogP contribution < -0.4 is 10.6 Å². The summed E-state index contributed by atoms with van der Waals surface area (Å²) in [7, 11) is 2.18. The van der Waals surface area contributed by atoms with E-state index in [1.807, 2.05) is 53.7 Å². The van der Waals surface area contributed by atoms with E-state index in [4.69, 9.17) is 5.26 Å². The number of hydrogen-bond donors (Lipinski definition) is 2. The summed E-state index contributed by atoms with van der Waals surface area (Å²) < 4.78 is 0. The number of rotatable bonds is 11. The number of nitrogens with one attached hydrogen (secondary N) is 2. The summed E-state index contributed by atoms with van der Waals surface area (Å²) in [4.78, 5) is 2.45. The minimum atomic E-state index is -0.0287. The lowest BCUT2D eigenvalue weighted by Gasteiger charge is -2.41. The van der Waals surface area contributed by atoms with Crippen molar-refractivity contribution in [1.82, 2.24) is 15.5 Å². The second-order valence-electron chi connectivity index (χ2n) is 24.5. The number of unbranched alkanes of at least 4 members (excludes halogenated alkanes) is 2. The Bertz CT molecular complexity index is 2120. The molecule has 430 valence electrons. The summed E-state index contributed by atoms with van der Waals surface area (Å²) in [5.41, 5.74) is 15.5. The smallest absolute Gasteiger partial charge is 0.109 e. The molecule has 7 rings (SSSR count). The fraction of sp³-hybridized carbons (Fsp3) is 0.634. The summed E-state index contributed by atoms with van der Waals surface area (Å²) in [6.45, 7) is 61.1. The van der Waals surface area contributed by atoms with Crippen LogP contribution in [0.3, 0.4) is 0 Å². The van der Waals surface area contributed by atoms with E-state index in [1.165, 1.54) is 91.9 Å². The van der Waals surface area contributed by atoms with Gasteiger partial charge in [0, 0.05) is 30.2 Å². The number of nitrogens with zero attached hydrogens (tertiary/aromatic N) is 2. The first-order valence-electron chi connectivity index (χ1n) is 30.0. The van der Waals surface area contributed by atoms with Crippen molar-refractivity contribution in [3.63, 3.8) is 0 Å². The lowest BCUT2D eigenvalue weighted by molar-refractivity contribution is 0.153. The van der Waals surface area contributed by atoms with Crippen molar-refractivity contribution < 1.29 is 0 Å². The predicted octanol–water partition coefficient (Wildman–Crippen LogP) is 20.4. The number of aryl methyl sites for hydroxylation is 2. The first kappa shape index (κ1) is 74.3. The van der Waals surface area contributed by atoms with E-state index in [-0.39, 0.29) is 7.55 Å². The van der Waals surface area contributed by atoms with Crippen LogP contribution in [0.25, 0.3) is 0 Å². The Kier molecular flexibility index (Phi) is 37.9. The lowest BCUT2D eigenvalue weighted by Crippen LogP contribution is -2.35. The first-order chi connectivity index (χ1) is 35.8. The molecule has 4 nitrogen and oxygen atoms in total. The molecular weight excluding hydrogens is 940 g/mol. The molecule has 1 aliphatic heterocycles. The molecule has 0 radical (unpaired) electrons. The Hall–Kier alpha value is -3.74. The Morgan fingerprint density at radius 3 is 1.82 bits per heavy atom. The van der Waals surface area contributed by atoms with Crippen LogP contribution in [0.5, 0.6) is 0 Å². The van der Waals surface area contributed by atoms with Crippen LogP contribution in [0.4, 0.5) is 0 Å². The van der Waals surface area contributed by atoms with Crippen LogP contribution in [0.1, 0.15) is 238 Å². The van der Waals surface area contributed by atoms with E-state index in [0.717, 1.165) is 56.8 Å². The summed E-state index contributed by atoms with van der Waals surface area (Å²) in [5, 5.41) is 16.1. The molecule has 1 saturated heterocycles. The zero-order valence-electron chi connectivity index (χ0n) is 53.9. The lowest BCUT2D eigenvalue weighted by atomic mass is 9.67. The molecule has 4 aliphatic rings. The maximum absolute atomic E-state index is 9.17. The molecule has 0 bridgehead atoms. The van der Waals surface area contributed by atoms with Crippen molar-refractivity contribution in [3.05, 3.63) is 143 Å². The van der Waals surface area contributed by atoms with Gasteiger partial charge in [-0.25, -0.2) is 0 Å². The van der Waals surface area contributed by atoms with Crippen LogP contribution in [0, 0.1) is 52.8 Å². The number of fused-ring (bicyclic) bond motifs is 3. The average molecular weight is 1060 g/mol. The van der Waals surface area contributed by atoms with Gasteiger partial charge in [-0.15, -0.1) is 19.7 Å². The van der Waals surface area contributed by atoms with Gasteiger partial charge in [-0.1, -0.05) is 197 Å². The highest BCUT2D eigenvalue weighted by molar-refractivity contribution is 7.54. The van der Waals surface area contributed by atoms with Gasteiger partial charge in [0.15, 0.2) is 0 Å². The molecule has 0 amide bonds. The van der Waals surface area contributed by atoms with Crippen molar-refractivity contribution in [3.8, 4) is 6.07 Å². The van der Waals surface area contributed by atoms with E-state index in [2.05, 4.69) is 206 Å². The highest BCUT2D eigenvalue weighted by Gasteiger charge is 2.37. The molecule has 1 fully saturated rings. The zero-order valence-corrected chi connectivity index (χ0v) is 54.8. The molecule has 2 N–H and O–H groups in total. The zero-order chi connectivity index (χ0) is 58.9. The van der Waals surface area contributed by atoms with Gasteiger partial charge >= 0.3 is 0 Å². The number of hydrogen-bond acceptors (Lipinski definition) is 4. The predicted molar refractivity (Wildman–Crippen MR) is 349 cm³/mol. The summed E-state index contributed by atoms with van der Waals surface area (Å²) in [6, 6.07) is 23.4. The van der Waals surface area contributed by atoms with Crippen molar-refractivity contribution in [1.29, 1.82) is 5.26 Å². The fourth-order valence-corrected chi connectivity index (χ4v) is 11.5. The van der Waals surface area contributed by atoms with Gasteiger partial charge < -0.3 is 10.6 Å². The quantitative estimate of drug-likeness (QED) is 0.114. The Morgan fingerprint density at radius 2 is 1.33 bits per heavy atom. The molecule has 3 aliphatic carbocycles. The molecule has 76 heavy (non-hydrogen) atoms. The fourth-order valence-electron chi connectivity index (χ4n) is 10.1. The Labute approximate surface area is 475 Å². The molecule has 5 heteroatoms. The van der Waals surface area contributed by atoms with Crippen molar-refractivity contribution in [2.24, 2.45) is 27.6 Å². The van der Waals surface area contributed by atoms with Gasteiger partial charge in [0.1, 0.15) is 6.16 Å². The van der Waals surface area contributed by atoms with E-state index in [1.54, 1.807) is 22.3 Å². The van der Waals surface area contributed by atoms with Crippen LogP contribution in [0.15, 0.2) is 92.7 Å². The van der Waals surface area contributed by atoms with E-state index >= 15 is 0 Å². The number of allylic oxidation sites excluding steroid dienone is 2. The second-order valence-corrected chi connectivity index (χ2v) is 26.6. The second kappa shape index (κ2) is 38.8. The molecule has 0 aromatic heterocycles. The third kappa shape index (κ3) is 28.8. The Balaban J connectivity index is 0. The molecule has 0 saturated carbocycles. The molecule has 4 unspecified atom stereocenters. The molecule has 0 spiro atoms. The normalized spacial score (nSPS) is 18.7. The maximum atomic E-state index is 9.17. The summed E-state index contributed by atoms with van der Waals surface area (Å²) in [6.07, 6.45) is 23.2. The molecular formula is C71H122N4P+. The SMILES string of the molecule is C=C.C=C1CCCN1.C=CCCCN(C)C1CC(C)(C)Cc2ccc(C#N)cc21.C=[P+](C)CC1Cc2cc(C)ccc2CC1(C)C.CC.CC.CC.CCC(C)(C)C.CCCCNC1CC(C)(C)Cc2ccc(C)cc21. The van der Waals surface area contributed by atoms with Crippen LogP contribution >= 0.6 is 7.55 Å². The first-order valence-corrected chi connectivity index (χ1v) is 32.2. The van der Waals surface area contributed by atoms with Gasteiger partial charge in [-0.3, -0.25) is 4.90 Å². The van der Waals surface area contributed by atoms with Crippen LogP contribution in [-0.2, 0) is 25.7 Å². The number of nitriles is 1. The highest BCUT2D eigenvalue weighted by atomic mass is 31.1. The third-order valence-corrected chi connectivity index (χ3v) is 15.8. The third-order valence-electron chi connectivity index (χ3n) is 14.7. The number of benzene rings is 3. The minimum absolute atomic E-state index is 0.0287. The molecule has 3 aromatic carbocycles. The molecule has 3 aromatic rings. The van der Waals surface area contributed by atoms with Crippen molar-refractivity contribution in [2.45, 2.75) is 227 Å². The Morgan fingerprint density at radius 1 is 0.789 bits per heavy atom. The van der Waals surface area contributed by atoms with Gasteiger partial charge in [-0.05, 0) is 172 Å². The van der Waals surface area contributed by atoms with E-state index in [0.29, 0.717) is 33.7 Å². The molecule has 4 atom stereocenters. The molecule has 1 heterocycles. The van der Waals surface area contributed by atoms with Crippen molar-refractivity contribution >= 4 is 13.8 Å². The topological polar surface area (TPSA) is 51.1 Å². The van der Waals surface area contributed by atoms with Crippen LogP contribution in [0.2, 0.25) is 0 Å². The van der Waals surface area contributed by atoms with Gasteiger partial charge in [0.05, 0.1) is 32.1 Å². The largest absolute Gasteiger partial charge is 0.389 e. The van der Waals surface area contributed by atoms with Gasteiger partial charge in [0.2, 0.25) is 0 Å². The van der Waals surface area contributed by atoms with E-state index in [9.17, 15) is 0 Å². The summed E-state index contributed by atoms with van der Waals surface area (Å²) in [5.74, 6) is 0.811. The maximum Gasteiger partial charge on any atom is 0.109 e. The van der Waals surface area contributed by atoms with Gasteiger partial charge in [-0.2, -0.15) is 5.26 Å². The van der Waals surface area contributed by atoms with Crippen LogP contribution in [-0.4, -0.2) is 50.7 Å².